The van der Waals surface area contributed by atoms with Crippen LogP contribution in [-0.4, -0.2) is 49.8 Å². The molecule has 4 aromatic rings. The summed E-state index contributed by atoms with van der Waals surface area (Å²) < 4.78 is 2.04. The van der Waals surface area contributed by atoms with E-state index in [0.29, 0.717) is 23.5 Å². The third-order valence-electron chi connectivity index (χ3n) is 5.64. The van der Waals surface area contributed by atoms with Crippen molar-refractivity contribution in [1.29, 1.82) is 0 Å². The lowest BCUT2D eigenvalue weighted by Gasteiger charge is -2.28. The number of nitrogens with zero attached hydrogens (tertiary/aromatic N) is 6. The normalized spacial score (nSPS) is 15.3. The van der Waals surface area contributed by atoms with Crippen molar-refractivity contribution < 1.29 is 0 Å². The number of likely N-dealkylation sites (tertiary alicyclic amines) is 1. The summed E-state index contributed by atoms with van der Waals surface area (Å²) in [4.78, 5) is 15.4. The first-order valence-electron chi connectivity index (χ1n) is 10.4. The molecule has 5 rings (SSSR count). The van der Waals surface area contributed by atoms with Crippen LogP contribution in [0, 0.1) is 0 Å². The lowest BCUT2D eigenvalue weighted by molar-refractivity contribution is 0.212. The van der Waals surface area contributed by atoms with Crippen molar-refractivity contribution >= 4 is 39.6 Å². The molecule has 1 aliphatic heterocycles. The molecule has 31 heavy (non-hydrogen) atoms. The van der Waals surface area contributed by atoms with Crippen LogP contribution in [0.4, 0.5) is 28.8 Å². The summed E-state index contributed by atoms with van der Waals surface area (Å²) in [5.41, 5.74) is 8.31. The number of pyridine rings is 1. The largest absolute Gasteiger partial charge is 0.394 e. The number of nitrogens with one attached hydrogen (secondary N) is 2. The van der Waals surface area contributed by atoms with Gasteiger partial charge >= 0.3 is 0 Å². The molecule has 0 atom stereocenters. The molecule has 0 amide bonds. The molecule has 0 spiro atoms. The zero-order chi connectivity index (χ0) is 21.2. The zero-order valence-corrected chi connectivity index (χ0v) is 17.4. The highest BCUT2D eigenvalue weighted by Gasteiger charge is 2.19. The van der Waals surface area contributed by atoms with E-state index in [4.69, 9.17) is 5.73 Å². The van der Waals surface area contributed by atoms with E-state index in [9.17, 15) is 0 Å². The molecular weight excluding hydrogens is 390 g/mol. The Bertz CT molecular complexity index is 1190. The number of hydrogen-bond acceptors (Lipinski definition) is 8. The van der Waals surface area contributed by atoms with Crippen LogP contribution in [0.5, 0.6) is 0 Å². The van der Waals surface area contributed by atoms with E-state index in [1.54, 1.807) is 12.4 Å². The molecule has 1 fully saturated rings. The van der Waals surface area contributed by atoms with Gasteiger partial charge in [-0.05, 0) is 56.6 Å². The monoisotopic (exact) mass is 415 g/mol. The van der Waals surface area contributed by atoms with Gasteiger partial charge in [-0.25, -0.2) is 4.98 Å². The molecule has 0 saturated carbocycles. The quantitative estimate of drug-likeness (QED) is 0.454. The summed E-state index contributed by atoms with van der Waals surface area (Å²) in [6.07, 6.45) is 11.2. The van der Waals surface area contributed by atoms with Gasteiger partial charge in [-0.2, -0.15) is 10.1 Å². The van der Waals surface area contributed by atoms with E-state index in [1.807, 2.05) is 47.5 Å². The molecule has 1 aromatic carbocycles. The number of piperidine rings is 1. The minimum atomic E-state index is 0.429. The van der Waals surface area contributed by atoms with Crippen LogP contribution >= 0.6 is 0 Å². The number of aromatic nitrogens is 5. The van der Waals surface area contributed by atoms with Gasteiger partial charge < -0.3 is 21.3 Å². The van der Waals surface area contributed by atoms with E-state index < -0.39 is 0 Å². The molecule has 3 aromatic heterocycles. The van der Waals surface area contributed by atoms with E-state index in [0.717, 1.165) is 48.1 Å². The summed E-state index contributed by atoms with van der Waals surface area (Å²) in [5, 5.41) is 13.2. The maximum absolute atomic E-state index is 6.11. The van der Waals surface area contributed by atoms with Gasteiger partial charge in [0.05, 0.1) is 29.8 Å². The van der Waals surface area contributed by atoms with Gasteiger partial charge in [0.2, 0.25) is 5.95 Å². The van der Waals surface area contributed by atoms with Gasteiger partial charge in [0.15, 0.2) is 5.82 Å². The third-order valence-corrected chi connectivity index (χ3v) is 5.64. The Balaban J connectivity index is 1.31. The van der Waals surface area contributed by atoms with Crippen molar-refractivity contribution in [3.8, 4) is 0 Å². The van der Waals surface area contributed by atoms with Crippen molar-refractivity contribution in [3.05, 3.63) is 55.2 Å². The molecule has 4 N–H and O–H groups in total. The van der Waals surface area contributed by atoms with Gasteiger partial charge in [0.1, 0.15) is 0 Å². The zero-order valence-electron chi connectivity index (χ0n) is 17.4. The molecule has 4 heterocycles. The van der Waals surface area contributed by atoms with Crippen LogP contribution in [-0.2, 0) is 0 Å². The van der Waals surface area contributed by atoms with Gasteiger partial charge in [-0.15, -0.1) is 0 Å². The SMILES string of the molecule is CN1CCC(n2cc(Nc3ncc(N)c(Nc4ccc5ccncc5c4)n3)cn2)CC1. The second kappa shape index (κ2) is 8.19. The van der Waals surface area contributed by atoms with E-state index in [1.165, 1.54) is 0 Å². The van der Waals surface area contributed by atoms with Crippen LogP contribution in [0.3, 0.4) is 0 Å². The Hall–Kier alpha value is -3.72. The average molecular weight is 416 g/mol. The van der Waals surface area contributed by atoms with Crippen LogP contribution < -0.4 is 16.4 Å². The standard InChI is InChI=1S/C22H25N9/c1-30-8-5-19(6-9-30)31-14-18(12-26-31)28-22-25-13-20(23)21(29-22)27-17-3-2-15-4-7-24-11-16(15)10-17/h2-4,7,10-14,19H,5-6,8-9,23H2,1H3,(H2,25,27,28,29). The topological polar surface area (TPSA) is 110 Å². The molecule has 0 unspecified atom stereocenters. The highest BCUT2D eigenvalue weighted by molar-refractivity contribution is 5.86. The van der Waals surface area contributed by atoms with Gasteiger partial charge in [-0.3, -0.25) is 9.67 Å². The third kappa shape index (κ3) is 4.26. The lowest BCUT2D eigenvalue weighted by Crippen LogP contribution is -2.31. The number of nitrogen functional groups attached to an aromatic ring is 1. The molecule has 9 nitrogen and oxygen atoms in total. The molecule has 158 valence electrons. The van der Waals surface area contributed by atoms with Crippen molar-refractivity contribution in [2.75, 3.05) is 36.5 Å². The van der Waals surface area contributed by atoms with Crippen LogP contribution in [0.15, 0.2) is 55.2 Å². The van der Waals surface area contributed by atoms with Crippen LogP contribution in [0.1, 0.15) is 18.9 Å². The first kappa shape index (κ1) is 19.3. The van der Waals surface area contributed by atoms with Gasteiger partial charge in [0.25, 0.3) is 0 Å². The summed E-state index contributed by atoms with van der Waals surface area (Å²) in [5.74, 6) is 1.01. The molecule has 9 heteroatoms. The molecule has 0 aliphatic carbocycles. The average Bonchev–Trinajstić information content (AvgIpc) is 3.25. The predicted molar refractivity (Wildman–Crippen MR) is 123 cm³/mol. The Morgan fingerprint density at radius 3 is 2.74 bits per heavy atom. The second-order valence-corrected chi connectivity index (χ2v) is 7.93. The fourth-order valence-corrected chi connectivity index (χ4v) is 3.84. The number of rotatable bonds is 5. The summed E-state index contributed by atoms with van der Waals surface area (Å²) >= 11 is 0. The van der Waals surface area contributed by atoms with Gasteiger partial charge in [-0.1, -0.05) is 6.07 Å². The van der Waals surface area contributed by atoms with Crippen LogP contribution in [0.25, 0.3) is 10.8 Å². The Morgan fingerprint density at radius 2 is 1.87 bits per heavy atom. The van der Waals surface area contributed by atoms with Crippen molar-refractivity contribution in [3.63, 3.8) is 0 Å². The van der Waals surface area contributed by atoms with Gasteiger partial charge in [0, 0.05) is 29.7 Å². The minimum absolute atomic E-state index is 0.429. The number of anilines is 5. The smallest absolute Gasteiger partial charge is 0.229 e. The fourth-order valence-electron chi connectivity index (χ4n) is 3.84. The number of benzene rings is 1. The molecule has 0 bridgehead atoms. The number of nitrogens with two attached hydrogens (primary N) is 1. The highest BCUT2D eigenvalue weighted by Crippen LogP contribution is 2.26. The Morgan fingerprint density at radius 1 is 1.00 bits per heavy atom. The second-order valence-electron chi connectivity index (χ2n) is 7.93. The Labute approximate surface area is 180 Å². The first-order valence-corrected chi connectivity index (χ1v) is 10.4. The molecule has 1 saturated heterocycles. The lowest BCUT2D eigenvalue weighted by atomic mass is 10.1. The Kier molecular flexibility index (Phi) is 5.09. The van der Waals surface area contributed by atoms with E-state index >= 15 is 0 Å². The van der Waals surface area contributed by atoms with Crippen molar-refractivity contribution in [2.24, 2.45) is 0 Å². The molecule has 0 radical (unpaired) electrons. The predicted octanol–water partition coefficient (Wildman–Crippen LogP) is 3.56. The van der Waals surface area contributed by atoms with E-state index in [2.05, 4.69) is 42.6 Å². The van der Waals surface area contributed by atoms with Crippen molar-refractivity contribution in [2.45, 2.75) is 18.9 Å². The maximum Gasteiger partial charge on any atom is 0.229 e. The molecular formula is C22H25N9. The minimum Gasteiger partial charge on any atom is -0.394 e. The van der Waals surface area contributed by atoms with Crippen molar-refractivity contribution in [1.82, 2.24) is 29.6 Å². The van der Waals surface area contributed by atoms with Crippen LogP contribution in [0.2, 0.25) is 0 Å². The highest BCUT2D eigenvalue weighted by atomic mass is 15.3. The maximum atomic E-state index is 6.11. The summed E-state index contributed by atoms with van der Waals surface area (Å²) in [6.45, 7) is 2.18. The molecule has 1 aliphatic rings. The first-order chi connectivity index (χ1) is 15.1. The van der Waals surface area contributed by atoms with E-state index in [-0.39, 0.29) is 0 Å². The summed E-state index contributed by atoms with van der Waals surface area (Å²) in [6, 6.07) is 8.45. The summed E-state index contributed by atoms with van der Waals surface area (Å²) in [7, 11) is 2.16. The number of hydrogen-bond donors (Lipinski definition) is 3. The fraction of sp³-hybridized carbons (Fsp3) is 0.273. The number of fused-ring (bicyclic) bond motifs is 1.